The molecule has 1 aromatic heterocycles. The van der Waals surface area contributed by atoms with Crippen LogP contribution in [-0.2, 0) is 4.79 Å². The molecule has 3 N–H and O–H groups in total. The van der Waals surface area contributed by atoms with E-state index < -0.39 is 5.97 Å². The highest BCUT2D eigenvalue weighted by molar-refractivity contribution is 6.31. The van der Waals surface area contributed by atoms with Gasteiger partial charge in [-0.2, -0.15) is 0 Å². The molecule has 0 saturated carbocycles. The van der Waals surface area contributed by atoms with Crippen LogP contribution in [0.25, 0.3) is 10.9 Å². The lowest BCUT2D eigenvalue weighted by Crippen LogP contribution is -2.26. The highest BCUT2D eigenvalue weighted by Crippen LogP contribution is 2.35. The van der Waals surface area contributed by atoms with Crippen LogP contribution in [-0.4, -0.2) is 29.1 Å². The summed E-state index contributed by atoms with van der Waals surface area (Å²) in [5, 5.41) is 13.0. The van der Waals surface area contributed by atoms with Crippen LogP contribution in [0.4, 0.5) is 0 Å². The number of nitrogens with one attached hydrogen (secondary N) is 2. The lowest BCUT2D eigenvalue weighted by molar-refractivity contribution is -0.134. The van der Waals surface area contributed by atoms with Crippen LogP contribution in [0, 0.1) is 6.92 Å². The smallest absolute Gasteiger partial charge is 0.300 e. The fourth-order valence-electron chi connectivity index (χ4n) is 2.96. The van der Waals surface area contributed by atoms with Gasteiger partial charge in [0, 0.05) is 28.5 Å². The molecule has 5 heteroatoms. The van der Waals surface area contributed by atoms with Crippen LogP contribution in [0.15, 0.2) is 18.2 Å². The molecule has 3 rings (SSSR count). The second kappa shape index (κ2) is 6.96. The molecule has 0 bridgehead atoms. The standard InChI is InChI=1S/C14H17ClN2.C2H4O2/c1-9-14(10-4-6-16-7-5-10)12-8-11(15)2-3-13(12)17-9;1-2(3)4/h2-3,8,10,16-17H,4-7H2,1H3;1H3,(H,3,4). The lowest BCUT2D eigenvalue weighted by atomic mass is 9.88. The highest BCUT2D eigenvalue weighted by Gasteiger charge is 2.20. The van der Waals surface area contributed by atoms with Gasteiger partial charge in [0.2, 0.25) is 0 Å². The number of hydrogen-bond donors (Lipinski definition) is 3. The van der Waals surface area contributed by atoms with E-state index >= 15 is 0 Å². The summed E-state index contributed by atoms with van der Waals surface area (Å²) in [4.78, 5) is 12.5. The van der Waals surface area contributed by atoms with E-state index in [0.29, 0.717) is 5.92 Å². The van der Waals surface area contributed by atoms with Gasteiger partial charge in [0.1, 0.15) is 0 Å². The minimum atomic E-state index is -0.833. The Morgan fingerprint density at radius 3 is 2.57 bits per heavy atom. The molecule has 114 valence electrons. The Morgan fingerprint density at radius 2 is 1.95 bits per heavy atom. The van der Waals surface area contributed by atoms with E-state index in [1.165, 1.54) is 35.0 Å². The summed E-state index contributed by atoms with van der Waals surface area (Å²) in [6.07, 6.45) is 2.45. The molecule has 1 aliphatic rings. The molecule has 0 atom stereocenters. The molecule has 0 aliphatic carbocycles. The lowest BCUT2D eigenvalue weighted by Gasteiger charge is -2.23. The Labute approximate surface area is 129 Å². The molecule has 2 heterocycles. The zero-order chi connectivity index (χ0) is 15.4. The van der Waals surface area contributed by atoms with Crippen LogP contribution < -0.4 is 5.32 Å². The number of carboxylic acids is 1. The maximum Gasteiger partial charge on any atom is 0.300 e. The van der Waals surface area contributed by atoms with Gasteiger partial charge in [-0.3, -0.25) is 4.79 Å². The Balaban J connectivity index is 0.000000361. The normalized spacial score (nSPS) is 15.6. The van der Waals surface area contributed by atoms with Crippen molar-refractivity contribution in [2.24, 2.45) is 0 Å². The predicted octanol–water partition coefficient (Wildman–Crippen LogP) is 3.69. The Kier molecular flexibility index (Phi) is 5.26. The number of aliphatic carboxylic acids is 1. The molecule has 1 aromatic carbocycles. The van der Waals surface area contributed by atoms with Crippen molar-refractivity contribution in [2.45, 2.75) is 32.6 Å². The van der Waals surface area contributed by atoms with E-state index in [0.717, 1.165) is 25.0 Å². The molecule has 0 radical (unpaired) electrons. The number of benzene rings is 1. The zero-order valence-corrected chi connectivity index (χ0v) is 13.1. The summed E-state index contributed by atoms with van der Waals surface area (Å²) in [6.45, 7) is 5.50. The predicted molar refractivity (Wildman–Crippen MR) is 86.2 cm³/mol. The maximum absolute atomic E-state index is 9.00. The first kappa shape index (κ1) is 15.9. The molecule has 4 nitrogen and oxygen atoms in total. The summed E-state index contributed by atoms with van der Waals surface area (Å²) in [7, 11) is 0. The molecule has 0 unspecified atom stereocenters. The average Bonchev–Trinajstić information content (AvgIpc) is 2.74. The average molecular weight is 309 g/mol. The van der Waals surface area contributed by atoms with Gasteiger partial charge in [-0.15, -0.1) is 0 Å². The van der Waals surface area contributed by atoms with Crippen LogP contribution in [0.1, 0.15) is 36.9 Å². The number of fused-ring (bicyclic) bond motifs is 1. The molecule has 1 aliphatic heterocycles. The van der Waals surface area contributed by atoms with Gasteiger partial charge in [-0.05, 0) is 62.5 Å². The molecule has 1 fully saturated rings. The maximum atomic E-state index is 9.00. The number of halogens is 1. The number of aryl methyl sites for hydroxylation is 1. The van der Waals surface area contributed by atoms with Crippen LogP contribution in [0.5, 0.6) is 0 Å². The van der Waals surface area contributed by atoms with Crippen molar-refractivity contribution >= 4 is 28.5 Å². The van der Waals surface area contributed by atoms with Crippen molar-refractivity contribution in [1.82, 2.24) is 10.3 Å². The van der Waals surface area contributed by atoms with E-state index in [1.807, 2.05) is 6.07 Å². The summed E-state index contributed by atoms with van der Waals surface area (Å²) >= 11 is 6.11. The number of aromatic nitrogens is 1. The van der Waals surface area contributed by atoms with Gasteiger partial charge in [0.25, 0.3) is 5.97 Å². The SMILES string of the molecule is CC(=O)O.Cc1[nH]c2ccc(Cl)cc2c1C1CCNCC1. The van der Waals surface area contributed by atoms with Crippen LogP contribution in [0.2, 0.25) is 5.02 Å². The van der Waals surface area contributed by atoms with Crippen molar-refractivity contribution in [3.8, 4) is 0 Å². The van der Waals surface area contributed by atoms with Crippen molar-refractivity contribution < 1.29 is 9.90 Å². The first-order valence-electron chi connectivity index (χ1n) is 7.17. The van der Waals surface area contributed by atoms with Gasteiger partial charge in [0.15, 0.2) is 0 Å². The number of aromatic amines is 1. The Bertz CT molecular complexity index is 626. The van der Waals surface area contributed by atoms with Crippen LogP contribution in [0.3, 0.4) is 0 Å². The topological polar surface area (TPSA) is 65.1 Å². The van der Waals surface area contributed by atoms with Gasteiger partial charge in [-0.25, -0.2) is 0 Å². The second-order valence-electron chi connectivity index (χ2n) is 5.40. The summed E-state index contributed by atoms with van der Waals surface area (Å²) in [5.41, 5.74) is 3.98. The monoisotopic (exact) mass is 308 g/mol. The van der Waals surface area contributed by atoms with Crippen molar-refractivity contribution in [1.29, 1.82) is 0 Å². The highest BCUT2D eigenvalue weighted by atomic mass is 35.5. The third-order valence-corrected chi connectivity index (χ3v) is 3.98. The first-order valence-corrected chi connectivity index (χ1v) is 7.54. The van der Waals surface area contributed by atoms with Gasteiger partial charge < -0.3 is 15.4 Å². The Morgan fingerprint density at radius 1 is 1.33 bits per heavy atom. The summed E-state index contributed by atoms with van der Waals surface area (Å²) in [5.74, 6) is -0.163. The second-order valence-corrected chi connectivity index (χ2v) is 5.83. The van der Waals surface area contributed by atoms with E-state index in [4.69, 9.17) is 21.5 Å². The van der Waals surface area contributed by atoms with Gasteiger partial charge in [-0.1, -0.05) is 11.6 Å². The largest absolute Gasteiger partial charge is 0.481 e. The van der Waals surface area contributed by atoms with Crippen LogP contribution >= 0.6 is 11.6 Å². The number of carboxylic acid groups (broad SMARTS) is 1. The van der Waals surface area contributed by atoms with Crippen molar-refractivity contribution in [3.05, 3.63) is 34.5 Å². The number of H-pyrrole nitrogens is 1. The number of rotatable bonds is 1. The number of piperidine rings is 1. The van der Waals surface area contributed by atoms with Gasteiger partial charge in [0.05, 0.1) is 0 Å². The fraction of sp³-hybridized carbons (Fsp3) is 0.438. The third kappa shape index (κ3) is 3.99. The molecule has 21 heavy (non-hydrogen) atoms. The zero-order valence-electron chi connectivity index (χ0n) is 12.4. The minimum absolute atomic E-state index is 0.670. The summed E-state index contributed by atoms with van der Waals surface area (Å²) in [6, 6.07) is 6.12. The Hall–Kier alpha value is -1.52. The quantitative estimate of drug-likeness (QED) is 0.753. The van der Waals surface area contributed by atoms with Gasteiger partial charge >= 0.3 is 0 Å². The number of hydrogen-bond acceptors (Lipinski definition) is 2. The van der Waals surface area contributed by atoms with E-state index in [1.54, 1.807) is 0 Å². The molecule has 2 aromatic rings. The fourth-order valence-corrected chi connectivity index (χ4v) is 3.13. The third-order valence-electron chi connectivity index (χ3n) is 3.75. The summed E-state index contributed by atoms with van der Waals surface area (Å²) < 4.78 is 0. The van der Waals surface area contributed by atoms with E-state index in [9.17, 15) is 0 Å². The van der Waals surface area contributed by atoms with Crippen molar-refractivity contribution in [2.75, 3.05) is 13.1 Å². The minimum Gasteiger partial charge on any atom is -0.481 e. The molecular weight excluding hydrogens is 288 g/mol. The molecular formula is C16H21ClN2O2. The van der Waals surface area contributed by atoms with Crippen molar-refractivity contribution in [3.63, 3.8) is 0 Å². The first-order chi connectivity index (χ1) is 9.99. The van der Waals surface area contributed by atoms with E-state index in [-0.39, 0.29) is 0 Å². The molecule has 0 amide bonds. The number of carbonyl (C=O) groups is 1. The molecule has 0 spiro atoms. The van der Waals surface area contributed by atoms with E-state index in [2.05, 4.69) is 29.4 Å². The molecule has 1 saturated heterocycles.